The SMILES string of the molecule is CCCN(Cc1cccc(-c2ccc3ncnc(NC4CC4)c3c2)c1)C(C)=O.Cl. The van der Waals surface area contributed by atoms with Gasteiger partial charge >= 0.3 is 0 Å². The molecule has 0 unspecified atom stereocenters. The highest BCUT2D eigenvalue weighted by atomic mass is 35.5. The lowest BCUT2D eigenvalue weighted by molar-refractivity contribution is -0.129. The van der Waals surface area contributed by atoms with Crippen LogP contribution < -0.4 is 5.32 Å². The van der Waals surface area contributed by atoms with Gasteiger partial charge < -0.3 is 10.2 Å². The summed E-state index contributed by atoms with van der Waals surface area (Å²) in [4.78, 5) is 22.6. The van der Waals surface area contributed by atoms with Crippen LogP contribution in [0.5, 0.6) is 0 Å². The Kier molecular flexibility index (Phi) is 6.70. The number of benzene rings is 2. The van der Waals surface area contributed by atoms with Crippen molar-refractivity contribution < 1.29 is 4.79 Å². The zero-order chi connectivity index (χ0) is 19.5. The molecule has 1 fully saturated rings. The maximum absolute atomic E-state index is 11.9. The van der Waals surface area contributed by atoms with Gasteiger partial charge in [-0.1, -0.05) is 31.2 Å². The fraction of sp³-hybridized carbons (Fsp3) is 0.348. The number of nitrogens with one attached hydrogen (secondary N) is 1. The average Bonchev–Trinajstić information content (AvgIpc) is 3.52. The molecular weight excluding hydrogens is 384 g/mol. The van der Waals surface area contributed by atoms with Crippen molar-refractivity contribution in [3.8, 4) is 11.1 Å². The largest absolute Gasteiger partial charge is 0.367 e. The minimum atomic E-state index is 0. The molecule has 0 radical (unpaired) electrons. The highest BCUT2D eigenvalue weighted by Gasteiger charge is 2.22. The van der Waals surface area contributed by atoms with Crippen LogP contribution in [0.25, 0.3) is 22.0 Å². The topological polar surface area (TPSA) is 58.1 Å². The van der Waals surface area contributed by atoms with Crippen LogP contribution in [-0.4, -0.2) is 33.4 Å². The Morgan fingerprint density at radius 2 is 1.93 bits per heavy atom. The molecule has 1 N–H and O–H groups in total. The van der Waals surface area contributed by atoms with Gasteiger partial charge in [-0.25, -0.2) is 9.97 Å². The van der Waals surface area contributed by atoms with Crippen LogP contribution in [0.1, 0.15) is 38.7 Å². The number of carbonyl (C=O) groups is 1. The van der Waals surface area contributed by atoms with Crippen LogP contribution in [0.2, 0.25) is 0 Å². The highest BCUT2D eigenvalue weighted by Crippen LogP contribution is 2.30. The molecule has 29 heavy (non-hydrogen) atoms. The van der Waals surface area contributed by atoms with E-state index in [2.05, 4.69) is 64.7 Å². The third-order valence-corrected chi connectivity index (χ3v) is 5.13. The van der Waals surface area contributed by atoms with E-state index in [1.54, 1.807) is 13.3 Å². The van der Waals surface area contributed by atoms with Crippen LogP contribution in [0, 0.1) is 0 Å². The van der Waals surface area contributed by atoms with Crippen LogP contribution in [0.4, 0.5) is 5.82 Å². The number of anilines is 1. The molecule has 1 amide bonds. The Balaban J connectivity index is 0.00000240. The first-order valence-corrected chi connectivity index (χ1v) is 10.00. The lowest BCUT2D eigenvalue weighted by Crippen LogP contribution is -2.28. The molecule has 1 aliphatic carbocycles. The lowest BCUT2D eigenvalue weighted by Gasteiger charge is -2.20. The van der Waals surface area contributed by atoms with Gasteiger partial charge in [-0.05, 0) is 54.2 Å². The summed E-state index contributed by atoms with van der Waals surface area (Å²) in [7, 11) is 0. The van der Waals surface area contributed by atoms with Crippen molar-refractivity contribution in [2.75, 3.05) is 11.9 Å². The second-order valence-corrected chi connectivity index (χ2v) is 7.51. The van der Waals surface area contributed by atoms with Crippen molar-refractivity contribution in [3.05, 3.63) is 54.4 Å². The molecule has 0 aliphatic heterocycles. The summed E-state index contributed by atoms with van der Waals surface area (Å²) >= 11 is 0. The number of amides is 1. The van der Waals surface area contributed by atoms with Crippen LogP contribution in [-0.2, 0) is 11.3 Å². The summed E-state index contributed by atoms with van der Waals surface area (Å²) in [6, 6.07) is 15.3. The summed E-state index contributed by atoms with van der Waals surface area (Å²) in [5, 5.41) is 4.56. The van der Waals surface area contributed by atoms with E-state index in [4.69, 9.17) is 0 Å². The van der Waals surface area contributed by atoms with E-state index < -0.39 is 0 Å². The highest BCUT2D eigenvalue weighted by molar-refractivity contribution is 5.92. The Morgan fingerprint density at radius 3 is 2.66 bits per heavy atom. The van der Waals surface area contributed by atoms with E-state index in [1.165, 1.54) is 12.8 Å². The van der Waals surface area contributed by atoms with Gasteiger partial charge in [0.25, 0.3) is 0 Å². The van der Waals surface area contributed by atoms with Gasteiger partial charge in [-0.2, -0.15) is 0 Å². The fourth-order valence-corrected chi connectivity index (χ4v) is 3.46. The predicted molar refractivity (Wildman–Crippen MR) is 120 cm³/mol. The molecule has 0 bridgehead atoms. The molecule has 3 aromatic rings. The summed E-state index contributed by atoms with van der Waals surface area (Å²) in [5.41, 5.74) is 4.36. The van der Waals surface area contributed by atoms with Crippen LogP contribution in [0.3, 0.4) is 0 Å². The third-order valence-electron chi connectivity index (χ3n) is 5.13. The van der Waals surface area contributed by atoms with Crippen molar-refractivity contribution >= 4 is 35.0 Å². The van der Waals surface area contributed by atoms with Crippen molar-refractivity contribution in [1.29, 1.82) is 0 Å². The maximum Gasteiger partial charge on any atom is 0.219 e. The van der Waals surface area contributed by atoms with Gasteiger partial charge in [0.05, 0.1) is 5.52 Å². The quantitative estimate of drug-likeness (QED) is 0.592. The number of halogens is 1. The number of fused-ring (bicyclic) bond motifs is 1. The van der Waals surface area contributed by atoms with E-state index in [0.717, 1.165) is 46.4 Å². The summed E-state index contributed by atoms with van der Waals surface area (Å²) < 4.78 is 0. The Bertz CT molecular complexity index is 1000. The standard InChI is InChI=1S/C23H26N4O.ClH/c1-3-11-27(16(2)28)14-17-5-4-6-18(12-17)19-7-10-22-21(13-19)23(25-15-24-22)26-20-8-9-20;/h4-7,10,12-13,15,20H,3,8-9,11,14H2,1-2H3,(H,24,25,26);1H. The molecule has 5 nitrogen and oxygen atoms in total. The minimum absolute atomic E-state index is 0. The molecule has 0 atom stereocenters. The first kappa shape index (κ1) is 21.1. The van der Waals surface area contributed by atoms with E-state index in [9.17, 15) is 4.79 Å². The molecule has 0 saturated heterocycles. The van der Waals surface area contributed by atoms with Crippen molar-refractivity contribution in [2.24, 2.45) is 0 Å². The van der Waals surface area contributed by atoms with Gasteiger partial charge in [0.1, 0.15) is 12.1 Å². The Morgan fingerprint density at radius 1 is 1.14 bits per heavy atom. The third kappa shape index (κ3) is 5.04. The van der Waals surface area contributed by atoms with E-state index >= 15 is 0 Å². The molecular formula is C23H27ClN4O. The van der Waals surface area contributed by atoms with Crippen LogP contribution >= 0.6 is 12.4 Å². The number of carbonyl (C=O) groups excluding carboxylic acids is 1. The zero-order valence-corrected chi connectivity index (χ0v) is 17.7. The molecule has 1 aromatic heterocycles. The lowest BCUT2D eigenvalue weighted by atomic mass is 10.0. The number of hydrogen-bond donors (Lipinski definition) is 1. The van der Waals surface area contributed by atoms with Crippen LogP contribution in [0.15, 0.2) is 48.8 Å². The van der Waals surface area contributed by atoms with Gasteiger partial charge in [-0.3, -0.25) is 4.79 Å². The molecule has 1 aliphatic rings. The zero-order valence-electron chi connectivity index (χ0n) is 16.9. The summed E-state index contributed by atoms with van der Waals surface area (Å²) in [6.45, 7) is 5.15. The molecule has 2 aromatic carbocycles. The second kappa shape index (κ2) is 9.23. The molecule has 1 saturated carbocycles. The normalized spacial score (nSPS) is 13.0. The molecule has 152 valence electrons. The van der Waals surface area contributed by atoms with Gasteiger partial charge in [0.15, 0.2) is 0 Å². The van der Waals surface area contributed by atoms with Gasteiger partial charge in [0, 0.05) is 31.4 Å². The number of nitrogens with zero attached hydrogens (tertiary/aromatic N) is 3. The first-order chi connectivity index (χ1) is 13.6. The smallest absolute Gasteiger partial charge is 0.219 e. The van der Waals surface area contributed by atoms with E-state index in [0.29, 0.717) is 12.6 Å². The molecule has 6 heteroatoms. The van der Waals surface area contributed by atoms with Gasteiger partial charge in [-0.15, -0.1) is 12.4 Å². The fourth-order valence-electron chi connectivity index (χ4n) is 3.46. The second-order valence-electron chi connectivity index (χ2n) is 7.51. The van der Waals surface area contributed by atoms with E-state index in [-0.39, 0.29) is 18.3 Å². The summed E-state index contributed by atoms with van der Waals surface area (Å²) in [6.07, 6.45) is 4.99. The molecule has 0 spiro atoms. The number of rotatable bonds is 7. The molecule has 4 rings (SSSR count). The summed E-state index contributed by atoms with van der Waals surface area (Å²) in [5.74, 6) is 1.03. The van der Waals surface area contributed by atoms with Crippen molar-refractivity contribution in [3.63, 3.8) is 0 Å². The average molecular weight is 411 g/mol. The Hall–Kier alpha value is -2.66. The minimum Gasteiger partial charge on any atom is -0.367 e. The van der Waals surface area contributed by atoms with E-state index in [1.807, 2.05) is 4.90 Å². The number of hydrogen-bond acceptors (Lipinski definition) is 4. The maximum atomic E-state index is 11.9. The Labute approximate surface area is 178 Å². The monoisotopic (exact) mass is 410 g/mol. The van der Waals surface area contributed by atoms with Gasteiger partial charge in [0.2, 0.25) is 5.91 Å². The molecule has 1 heterocycles. The van der Waals surface area contributed by atoms with Crippen molar-refractivity contribution in [2.45, 2.75) is 45.7 Å². The number of aromatic nitrogens is 2. The first-order valence-electron chi connectivity index (χ1n) is 10.00. The predicted octanol–water partition coefficient (Wildman–Crippen LogP) is 5.05. The van der Waals surface area contributed by atoms with Crippen molar-refractivity contribution in [1.82, 2.24) is 14.9 Å².